The highest BCUT2D eigenvalue weighted by molar-refractivity contribution is 5.51. The molecule has 2 rings (SSSR count). The van der Waals surface area contributed by atoms with Crippen LogP contribution in [0.3, 0.4) is 0 Å². The first kappa shape index (κ1) is 13.2. The summed E-state index contributed by atoms with van der Waals surface area (Å²) in [6.45, 7) is 3.20. The lowest BCUT2D eigenvalue weighted by Crippen LogP contribution is -2.42. The largest absolute Gasteiger partial charge is 0.491 e. The Hall–Kier alpha value is -1.26. The van der Waals surface area contributed by atoms with Gasteiger partial charge in [0, 0.05) is 38.0 Å². The Morgan fingerprint density at radius 1 is 1.39 bits per heavy atom. The lowest BCUT2D eigenvalue weighted by atomic mass is 10.1. The van der Waals surface area contributed by atoms with Crippen molar-refractivity contribution in [1.29, 1.82) is 0 Å². The minimum Gasteiger partial charge on any atom is -0.491 e. The summed E-state index contributed by atoms with van der Waals surface area (Å²) in [6.07, 6.45) is 2.29. The Kier molecular flexibility index (Phi) is 4.84. The number of benzene rings is 1. The molecular weight excluding hydrogens is 228 g/mol. The maximum atomic E-state index is 6.01. The van der Waals surface area contributed by atoms with Crippen LogP contribution < -0.4 is 15.4 Å². The molecule has 18 heavy (non-hydrogen) atoms. The summed E-state index contributed by atoms with van der Waals surface area (Å²) in [4.78, 5) is 2.33. The van der Waals surface area contributed by atoms with Gasteiger partial charge in [0.05, 0.1) is 6.61 Å². The second-order valence-electron chi connectivity index (χ2n) is 4.69. The van der Waals surface area contributed by atoms with E-state index in [1.807, 2.05) is 12.1 Å². The van der Waals surface area contributed by atoms with Crippen molar-refractivity contribution in [1.82, 2.24) is 0 Å². The predicted molar refractivity (Wildman–Crippen MR) is 73.2 cm³/mol. The van der Waals surface area contributed by atoms with E-state index in [-0.39, 0.29) is 6.04 Å². The molecule has 0 aromatic heterocycles. The van der Waals surface area contributed by atoms with Gasteiger partial charge in [-0.3, -0.25) is 0 Å². The molecule has 1 atom stereocenters. The Morgan fingerprint density at radius 2 is 2.28 bits per heavy atom. The first-order valence-corrected chi connectivity index (χ1v) is 6.52. The first-order chi connectivity index (χ1) is 8.79. The molecule has 1 heterocycles. The van der Waals surface area contributed by atoms with Gasteiger partial charge in [0.1, 0.15) is 12.4 Å². The van der Waals surface area contributed by atoms with E-state index >= 15 is 0 Å². The summed E-state index contributed by atoms with van der Waals surface area (Å²) in [7, 11) is 1.68. The number of methoxy groups -OCH3 is 1. The van der Waals surface area contributed by atoms with Gasteiger partial charge < -0.3 is 20.1 Å². The van der Waals surface area contributed by atoms with E-state index in [1.165, 1.54) is 5.69 Å². The number of hydrogen-bond donors (Lipinski definition) is 1. The highest BCUT2D eigenvalue weighted by atomic mass is 16.5. The van der Waals surface area contributed by atoms with Crippen LogP contribution in [0, 0.1) is 0 Å². The van der Waals surface area contributed by atoms with Crippen LogP contribution in [-0.2, 0) is 4.74 Å². The van der Waals surface area contributed by atoms with Crippen LogP contribution in [0.2, 0.25) is 0 Å². The van der Waals surface area contributed by atoms with Crippen LogP contribution in [0.15, 0.2) is 24.3 Å². The van der Waals surface area contributed by atoms with Gasteiger partial charge in [-0.2, -0.15) is 0 Å². The van der Waals surface area contributed by atoms with Crippen LogP contribution in [0.25, 0.3) is 0 Å². The van der Waals surface area contributed by atoms with Gasteiger partial charge in [0.15, 0.2) is 0 Å². The molecule has 0 aliphatic carbocycles. The highest BCUT2D eigenvalue weighted by Crippen LogP contribution is 2.23. The second kappa shape index (κ2) is 6.61. The van der Waals surface area contributed by atoms with Gasteiger partial charge in [-0.05, 0) is 25.0 Å². The van der Waals surface area contributed by atoms with E-state index in [0.717, 1.165) is 31.7 Å². The fraction of sp³-hybridized carbons (Fsp3) is 0.571. The number of nitrogens with zero attached hydrogens (tertiary/aromatic N) is 1. The molecule has 1 saturated heterocycles. The van der Waals surface area contributed by atoms with Crippen LogP contribution in [-0.4, -0.2) is 39.5 Å². The molecule has 0 radical (unpaired) electrons. The average Bonchev–Trinajstić information content (AvgIpc) is 2.39. The lowest BCUT2D eigenvalue weighted by Gasteiger charge is -2.32. The van der Waals surface area contributed by atoms with E-state index in [2.05, 4.69) is 17.0 Å². The van der Waals surface area contributed by atoms with E-state index in [1.54, 1.807) is 7.11 Å². The fourth-order valence-corrected chi connectivity index (χ4v) is 2.26. The third-order valence-corrected chi connectivity index (χ3v) is 3.20. The fourth-order valence-electron chi connectivity index (χ4n) is 2.26. The van der Waals surface area contributed by atoms with E-state index < -0.39 is 0 Å². The normalized spacial score (nSPS) is 19.9. The maximum Gasteiger partial charge on any atom is 0.121 e. The zero-order chi connectivity index (χ0) is 12.8. The number of ether oxygens (including phenoxy) is 2. The highest BCUT2D eigenvalue weighted by Gasteiger charge is 2.17. The number of anilines is 1. The Bertz CT molecular complexity index is 371. The van der Waals surface area contributed by atoms with Crippen molar-refractivity contribution in [3.63, 3.8) is 0 Å². The van der Waals surface area contributed by atoms with E-state index in [0.29, 0.717) is 13.2 Å². The van der Waals surface area contributed by atoms with Crippen molar-refractivity contribution in [3.05, 3.63) is 24.3 Å². The minimum absolute atomic E-state index is 0.289. The Labute approximate surface area is 109 Å². The van der Waals surface area contributed by atoms with Gasteiger partial charge >= 0.3 is 0 Å². The Morgan fingerprint density at radius 3 is 3.06 bits per heavy atom. The quantitative estimate of drug-likeness (QED) is 0.807. The summed E-state index contributed by atoms with van der Waals surface area (Å²) < 4.78 is 10.6. The molecule has 1 aliphatic rings. The molecule has 100 valence electrons. The molecule has 1 unspecified atom stereocenters. The molecule has 1 fully saturated rings. The second-order valence-corrected chi connectivity index (χ2v) is 4.69. The smallest absolute Gasteiger partial charge is 0.121 e. The topological polar surface area (TPSA) is 47.7 Å². The molecule has 1 aromatic rings. The van der Waals surface area contributed by atoms with Gasteiger partial charge in [-0.15, -0.1) is 0 Å². The zero-order valence-electron chi connectivity index (χ0n) is 11.0. The summed E-state index contributed by atoms with van der Waals surface area (Å²) in [5, 5.41) is 0. The van der Waals surface area contributed by atoms with Gasteiger partial charge in [-0.1, -0.05) is 6.07 Å². The minimum atomic E-state index is 0.289. The molecule has 0 saturated carbocycles. The summed E-state index contributed by atoms with van der Waals surface area (Å²) in [6, 6.07) is 8.48. The first-order valence-electron chi connectivity index (χ1n) is 6.52. The third kappa shape index (κ3) is 3.62. The lowest BCUT2D eigenvalue weighted by molar-refractivity contribution is 0.146. The van der Waals surface area contributed by atoms with Gasteiger partial charge in [0.25, 0.3) is 0 Å². The maximum absolute atomic E-state index is 6.01. The molecule has 4 heteroatoms. The van der Waals surface area contributed by atoms with Crippen molar-refractivity contribution in [2.24, 2.45) is 5.73 Å². The number of piperidine rings is 1. The van der Waals surface area contributed by atoms with Crippen molar-refractivity contribution >= 4 is 5.69 Å². The molecule has 0 amide bonds. The van der Waals surface area contributed by atoms with Crippen LogP contribution >= 0.6 is 0 Å². The monoisotopic (exact) mass is 250 g/mol. The average molecular weight is 250 g/mol. The van der Waals surface area contributed by atoms with Crippen LogP contribution in [0.5, 0.6) is 5.75 Å². The van der Waals surface area contributed by atoms with Gasteiger partial charge in [0.2, 0.25) is 0 Å². The summed E-state index contributed by atoms with van der Waals surface area (Å²) in [5.74, 6) is 0.892. The molecule has 2 N–H and O–H groups in total. The van der Waals surface area contributed by atoms with E-state index in [4.69, 9.17) is 15.2 Å². The predicted octanol–water partition coefficient (Wildman–Crippen LogP) is 1.64. The summed E-state index contributed by atoms with van der Waals surface area (Å²) in [5.41, 5.74) is 7.20. The zero-order valence-corrected chi connectivity index (χ0v) is 11.0. The van der Waals surface area contributed by atoms with Crippen molar-refractivity contribution in [3.8, 4) is 5.75 Å². The number of hydrogen-bond acceptors (Lipinski definition) is 4. The van der Waals surface area contributed by atoms with E-state index in [9.17, 15) is 0 Å². The number of rotatable bonds is 5. The van der Waals surface area contributed by atoms with Gasteiger partial charge in [-0.25, -0.2) is 0 Å². The third-order valence-electron chi connectivity index (χ3n) is 3.20. The molecule has 1 aromatic carbocycles. The molecule has 4 nitrogen and oxygen atoms in total. The van der Waals surface area contributed by atoms with Crippen LogP contribution in [0.4, 0.5) is 5.69 Å². The summed E-state index contributed by atoms with van der Waals surface area (Å²) >= 11 is 0. The Balaban J connectivity index is 1.97. The van der Waals surface area contributed by atoms with Crippen molar-refractivity contribution in [2.45, 2.75) is 18.9 Å². The molecule has 1 aliphatic heterocycles. The molecule has 0 bridgehead atoms. The number of nitrogens with two attached hydrogens (primary N) is 1. The van der Waals surface area contributed by atoms with Crippen molar-refractivity contribution in [2.75, 3.05) is 38.3 Å². The standard InChI is InChI=1S/C14H22N2O2/c1-17-8-9-18-14-6-2-5-13(10-14)16-7-3-4-12(15)11-16/h2,5-6,10,12H,3-4,7-9,11,15H2,1H3. The van der Waals surface area contributed by atoms with Crippen molar-refractivity contribution < 1.29 is 9.47 Å². The van der Waals surface area contributed by atoms with Crippen LogP contribution in [0.1, 0.15) is 12.8 Å². The molecular formula is C14H22N2O2. The molecule has 0 spiro atoms. The SMILES string of the molecule is COCCOc1cccc(N2CCCC(N)C2)c1.